The first kappa shape index (κ1) is 19.7. The summed E-state index contributed by atoms with van der Waals surface area (Å²) < 4.78 is 5.41. The number of hydrogen-bond acceptors (Lipinski definition) is 5. The van der Waals surface area contributed by atoms with E-state index in [-0.39, 0.29) is 19.0 Å². The number of morpholine rings is 1. The number of halogens is 2. The lowest BCUT2D eigenvalue weighted by Gasteiger charge is -2.30. The van der Waals surface area contributed by atoms with Crippen molar-refractivity contribution in [3.8, 4) is 0 Å². The Morgan fingerprint density at radius 3 is 2.70 bits per heavy atom. The molecule has 1 saturated heterocycles. The monoisotopic (exact) mass is 405 g/mol. The lowest BCUT2D eigenvalue weighted by molar-refractivity contribution is 0.122. The van der Waals surface area contributed by atoms with E-state index in [1.807, 2.05) is 36.4 Å². The summed E-state index contributed by atoms with van der Waals surface area (Å²) >= 11 is 6.06. The first-order chi connectivity index (χ1) is 12.7. The molecular formula is C20H21Cl2N3O2. The Kier molecular flexibility index (Phi) is 6.39. The number of aliphatic hydroxyl groups is 1. The highest BCUT2D eigenvalue weighted by molar-refractivity contribution is 6.31. The standard InChI is InChI=1S/C20H20ClN3O2.ClH/c21-15-1-3-17-18(5-6-22-19(17)12-15)23-16-2-4-20(14(11-16)13-25)24-7-9-26-10-8-24;/h1-6,11-12,25H,7-10,13H2,(H,22,23);1H. The maximum atomic E-state index is 9.83. The zero-order valence-corrected chi connectivity index (χ0v) is 16.3. The molecule has 0 aliphatic carbocycles. The van der Waals surface area contributed by atoms with E-state index in [9.17, 15) is 5.11 Å². The van der Waals surface area contributed by atoms with Gasteiger partial charge in [0.15, 0.2) is 0 Å². The Bertz CT molecular complexity index is 930. The van der Waals surface area contributed by atoms with Crippen molar-refractivity contribution in [3.05, 3.63) is 59.2 Å². The largest absolute Gasteiger partial charge is 0.392 e. The van der Waals surface area contributed by atoms with E-state index in [4.69, 9.17) is 16.3 Å². The lowest BCUT2D eigenvalue weighted by Crippen LogP contribution is -2.36. The number of anilines is 3. The van der Waals surface area contributed by atoms with Gasteiger partial charge in [-0.15, -0.1) is 12.4 Å². The van der Waals surface area contributed by atoms with Gasteiger partial charge >= 0.3 is 0 Å². The van der Waals surface area contributed by atoms with E-state index in [2.05, 4.69) is 21.3 Å². The van der Waals surface area contributed by atoms with Crippen molar-refractivity contribution in [2.24, 2.45) is 0 Å². The van der Waals surface area contributed by atoms with Gasteiger partial charge in [0, 0.05) is 52.3 Å². The van der Waals surface area contributed by atoms with Crippen molar-refractivity contribution in [3.63, 3.8) is 0 Å². The summed E-state index contributed by atoms with van der Waals surface area (Å²) in [4.78, 5) is 6.62. The molecule has 0 radical (unpaired) electrons. The van der Waals surface area contributed by atoms with Gasteiger partial charge in [0.25, 0.3) is 0 Å². The fraction of sp³-hybridized carbons (Fsp3) is 0.250. The highest BCUT2D eigenvalue weighted by Gasteiger charge is 2.15. The number of nitrogens with zero attached hydrogens (tertiary/aromatic N) is 2. The van der Waals surface area contributed by atoms with Crippen molar-refractivity contribution in [2.75, 3.05) is 36.5 Å². The van der Waals surface area contributed by atoms with E-state index in [0.29, 0.717) is 5.02 Å². The van der Waals surface area contributed by atoms with Crippen LogP contribution in [0.5, 0.6) is 0 Å². The van der Waals surface area contributed by atoms with Gasteiger partial charge in [-0.2, -0.15) is 0 Å². The predicted molar refractivity (Wildman–Crippen MR) is 113 cm³/mol. The molecule has 2 aromatic carbocycles. The van der Waals surface area contributed by atoms with Crippen LogP contribution in [0, 0.1) is 0 Å². The van der Waals surface area contributed by atoms with Crippen molar-refractivity contribution >= 4 is 52.0 Å². The minimum Gasteiger partial charge on any atom is -0.392 e. The smallest absolute Gasteiger partial charge is 0.0737 e. The summed E-state index contributed by atoms with van der Waals surface area (Å²) in [6, 6.07) is 13.7. The summed E-state index contributed by atoms with van der Waals surface area (Å²) in [5.74, 6) is 0. The minimum atomic E-state index is -0.00505. The molecular weight excluding hydrogens is 385 g/mol. The zero-order valence-electron chi connectivity index (χ0n) is 14.7. The highest BCUT2D eigenvalue weighted by atomic mass is 35.5. The first-order valence-electron chi connectivity index (χ1n) is 8.62. The molecule has 0 atom stereocenters. The predicted octanol–water partition coefficient (Wildman–Crippen LogP) is 4.38. The molecule has 27 heavy (non-hydrogen) atoms. The Morgan fingerprint density at radius 2 is 1.93 bits per heavy atom. The van der Waals surface area contributed by atoms with Gasteiger partial charge in [0.2, 0.25) is 0 Å². The highest BCUT2D eigenvalue weighted by Crippen LogP contribution is 2.30. The van der Waals surface area contributed by atoms with Gasteiger partial charge in [0.05, 0.1) is 25.3 Å². The first-order valence-corrected chi connectivity index (χ1v) is 9.00. The molecule has 7 heteroatoms. The van der Waals surface area contributed by atoms with Gasteiger partial charge in [-0.3, -0.25) is 4.98 Å². The number of rotatable bonds is 4. The van der Waals surface area contributed by atoms with Gasteiger partial charge < -0.3 is 20.1 Å². The molecule has 5 nitrogen and oxygen atoms in total. The van der Waals surface area contributed by atoms with Crippen molar-refractivity contribution in [1.82, 2.24) is 4.98 Å². The number of benzene rings is 2. The molecule has 2 N–H and O–H groups in total. The van der Waals surface area contributed by atoms with Crippen LogP contribution < -0.4 is 10.2 Å². The number of fused-ring (bicyclic) bond motifs is 1. The number of ether oxygens (including phenoxy) is 1. The molecule has 4 rings (SSSR count). The normalized spacial score (nSPS) is 14.1. The van der Waals surface area contributed by atoms with Crippen LogP contribution in [0.3, 0.4) is 0 Å². The third-order valence-corrected chi connectivity index (χ3v) is 4.82. The Labute approximate surface area is 169 Å². The molecule has 0 spiro atoms. The van der Waals surface area contributed by atoms with Crippen molar-refractivity contribution in [2.45, 2.75) is 6.61 Å². The van der Waals surface area contributed by atoms with Gasteiger partial charge in [-0.1, -0.05) is 11.6 Å². The molecule has 0 bridgehead atoms. The second-order valence-corrected chi connectivity index (χ2v) is 6.68. The van der Waals surface area contributed by atoms with Gasteiger partial charge in [-0.25, -0.2) is 0 Å². The number of aliphatic hydroxyl groups excluding tert-OH is 1. The Balaban J connectivity index is 0.00000210. The zero-order chi connectivity index (χ0) is 17.9. The number of pyridine rings is 1. The maximum absolute atomic E-state index is 9.83. The summed E-state index contributed by atoms with van der Waals surface area (Å²) in [6.45, 7) is 3.12. The molecule has 2 heterocycles. The summed E-state index contributed by atoms with van der Waals surface area (Å²) in [5.41, 5.74) is 4.68. The van der Waals surface area contributed by atoms with E-state index in [1.54, 1.807) is 6.20 Å². The second-order valence-electron chi connectivity index (χ2n) is 6.25. The molecule has 3 aromatic rings. The van der Waals surface area contributed by atoms with Crippen LogP contribution in [0.1, 0.15) is 5.56 Å². The molecule has 0 amide bonds. The van der Waals surface area contributed by atoms with Crippen LogP contribution in [0.2, 0.25) is 5.02 Å². The summed E-state index contributed by atoms with van der Waals surface area (Å²) in [7, 11) is 0. The lowest BCUT2D eigenvalue weighted by atomic mass is 10.1. The average Bonchev–Trinajstić information content (AvgIpc) is 2.68. The molecule has 1 aliphatic rings. The van der Waals surface area contributed by atoms with Crippen LogP contribution in [0.15, 0.2) is 48.7 Å². The Morgan fingerprint density at radius 1 is 1.11 bits per heavy atom. The van der Waals surface area contributed by atoms with Crippen molar-refractivity contribution < 1.29 is 9.84 Å². The topological polar surface area (TPSA) is 57.6 Å². The average molecular weight is 406 g/mol. The third-order valence-electron chi connectivity index (χ3n) is 4.59. The number of nitrogens with one attached hydrogen (secondary N) is 1. The van der Waals surface area contributed by atoms with Gasteiger partial charge in [-0.05, 0) is 42.5 Å². The van der Waals surface area contributed by atoms with Crippen molar-refractivity contribution in [1.29, 1.82) is 0 Å². The van der Waals surface area contributed by atoms with Crippen LogP contribution >= 0.6 is 24.0 Å². The number of hydrogen-bond donors (Lipinski definition) is 2. The van der Waals surface area contributed by atoms with E-state index in [1.165, 1.54) is 0 Å². The fourth-order valence-electron chi connectivity index (χ4n) is 3.29. The van der Waals surface area contributed by atoms with Crippen LogP contribution in [-0.4, -0.2) is 36.4 Å². The maximum Gasteiger partial charge on any atom is 0.0737 e. The summed E-state index contributed by atoms with van der Waals surface area (Å²) in [5, 5.41) is 14.9. The molecule has 0 saturated carbocycles. The molecule has 1 aliphatic heterocycles. The fourth-order valence-corrected chi connectivity index (χ4v) is 3.45. The summed E-state index contributed by atoms with van der Waals surface area (Å²) in [6.07, 6.45) is 1.76. The Hall–Kier alpha value is -2.05. The molecule has 0 unspecified atom stereocenters. The quantitative estimate of drug-likeness (QED) is 0.674. The second kappa shape index (κ2) is 8.76. The van der Waals surface area contributed by atoms with Crippen LogP contribution in [0.25, 0.3) is 10.9 Å². The van der Waals surface area contributed by atoms with Gasteiger partial charge in [0.1, 0.15) is 0 Å². The third kappa shape index (κ3) is 4.28. The van der Waals surface area contributed by atoms with E-state index < -0.39 is 0 Å². The molecule has 1 aromatic heterocycles. The minimum absolute atomic E-state index is 0. The molecule has 1 fully saturated rings. The number of aromatic nitrogens is 1. The van der Waals surface area contributed by atoms with E-state index in [0.717, 1.165) is 59.8 Å². The van der Waals surface area contributed by atoms with Crippen LogP contribution in [-0.2, 0) is 11.3 Å². The van der Waals surface area contributed by atoms with E-state index >= 15 is 0 Å². The SMILES string of the molecule is Cl.OCc1cc(Nc2ccnc3cc(Cl)ccc23)ccc1N1CCOCC1. The van der Waals surface area contributed by atoms with Crippen LogP contribution in [0.4, 0.5) is 17.1 Å². The molecule has 142 valence electrons.